The molecular weight excluding hydrogens is 346 g/mol. The van der Waals surface area contributed by atoms with Crippen LogP contribution in [0.4, 0.5) is 0 Å². The molecule has 0 bridgehead atoms. The van der Waals surface area contributed by atoms with E-state index in [0.29, 0.717) is 29.9 Å². The number of nitrogens with one attached hydrogen (secondary N) is 1. The second-order valence-electron chi connectivity index (χ2n) is 6.46. The van der Waals surface area contributed by atoms with Crippen molar-refractivity contribution in [3.8, 4) is 23.0 Å². The van der Waals surface area contributed by atoms with Crippen LogP contribution in [0.5, 0.6) is 23.0 Å². The Morgan fingerprint density at radius 2 is 1.93 bits per heavy atom. The van der Waals surface area contributed by atoms with Gasteiger partial charge in [-0.1, -0.05) is 12.1 Å². The summed E-state index contributed by atoms with van der Waals surface area (Å²) in [5.41, 5.74) is 3.64. The van der Waals surface area contributed by atoms with Gasteiger partial charge in [0.05, 0.1) is 25.8 Å². The van der Waals surface area contributed by atoms with Crippen molar-refractivity contribution in [3.05, 3.63) is 59.2 Å². The Balaban J connectivity index is 1.72. The van der Waals surface area contributed by atoms with Crippen LogP contribution >= 0.6 is 0 Å². The second kappa shape index (κ2) is 6.87. The molecule has 27 heavy (non-hydrogen) atoms. The summed E-state index contributed by atoms with van der Waals surface area (Å²) < 4.78 is 21.8. The van der Waals surface area contributed by atoms with Crippen molar-refractivity contribution in [2.75, 3.05) is 21.0 Å². The number of rotatable bonds is 6. The molecule has 4 rings (SSSR count). The highest BCUT2D eigenvalue weighted by atomic mass is 16.7. The van der Waals surface area contributed by atoms with Crippen LogP contribution in [0.15, 0.2) is 36.9 Å². The zero-order valence-corrected chi connectivity index (χ0v) is 15.3. The van der Waals surface area contributed by atoms with Crippen LogP contribution in [0.3, 0.4) is 0 Å². The molecule has 2 aromatic carbocycles. The van der Waals surface area contributed by atoms with Crippen LogP contribution in [0, 0.1) is 0 Å². The number of allylic oxidation sites excluding steroid dienone is 1. The minimum absolute atomic E-state index is 0.156. The van der Waals surface area contributed by atoms with Crippen LogP contribution in [0.1, 0.15) is 33.1 Å². The van der Waals surface area contributed by atoms with Gasteiger partial charge in [-0.05, 0) is 47.7 Å². The quantitative estimate of drug-likeness (QED) is 0.795. The standard InChI is InChI=1S/C21H21NO5/c1-4-5-12-9-17-18(27-11-26-17)10-13(12)8-15-14-6-7-16(24-2)20(25-3)19(14)21(23)22-15/h4,6-7,9-10,15H,1,5,8,11H2,2-3H3,(H,22,23). The van der Waals surface area contributed by atoms with Gasteiger partial charge in [0, 0.05) is 0 Å². The Morgan fingerprint density at radius 1 is 1.19 bits per heavy atom. The third-order valence-corrected chi connectivity index (χ3v) is 4.97. The number of fused-ring (bicyclic) bond motifs is 2. The molecule has 1 N–H and O–H groups in total. The molecule has 0 saturated heterocycles. The van der Waals surface area contributed by atoms with Gasteiger partial charge in [-0.2, -0.15) is 0 Å². The monoisotopic (exact) mass is 367 g/mol. The van der Waals surface area contributed by atoms with Crippen molar-refractivity contribution in [2.45, 2.75) is 18.9 Å². The number of methoxy groups -OCH3 is 2. The lowest BCUT2D eigenvalue weighted by molar-refractivity contribution is 0.0953. The number of hydrogen-bond donors (Lipinski definition) is 1. The highest BCUT2D eigenvalue weighted by Gasteiger charge is 2.34. The van der Waals surface area contributed by atoms with Crippen LogP contribution in [-0.2, 0) is 12.8 Å². The fraction of sp³-hybridized carbons (Fsp3) is 0.286. The summed E-state index contributed by atoms with van der Waals surface area (Å²) in [6, 6.07) is 7.57. The summed E-state index contributed by atoms with van der Waals surface area (Å²) in [5, 5.41) is 3.06. The maximum Gasteiger partial charge on any atom is 0.256 e. The molecule has 6 nitrogen and oxygen atoms in total. The van der Waals surface area contributed by atoms with E-state index in [0.717, 1.165) is 28.2 Å². The van der Waals surface area contributed by atoms with Crippen molar-refractivity contribution >= 4 is 5.91 Å². The number of benzene rings is 2. The van der Waals surface area contributed by atoms with Crippen LogP contribution in [-0.4, -0.2) is 26.9 Å². The van der Waals surface area contributed by atoms with Crippen LogP contribution in [0.25, 0.3) is 0 Å². The first-order chi connectivity index (χ1) is 13.2. The van der Waals surface area contributed by atoms with Crippen molar-refractivity contribution in [1.82, 2.24) is 5.32 Å². The molecule has 0 aromatic heterocycles. The molecule has 0 fully saturated rings. The molecule has 1 unspecified atom stereocenters. The third-order valence-electron chi connectivity index (χ3n) is 4.97. The Labute approximate surface area is 157 Å². The van der Waals surface area contributed by atoms with Gasteiger partial charge in [0.2, 0.25) is 6.79 Å². The maximum atomic E-state index is 12.6. The van der Waals surface area contributed by atoms with Crippen LogP contribution in [0.2, 0.25) is 0 Å². The molecule has 140 valence electrons. The average Bonchev–Trinajstić information content (AvgIpc) is 3.25. The Kier molecular flexibility index (Phi) is 4.39. The van der Waals surface area contributed by atoms with Gasteiger partial charge in [0.25, 0.3) is 5.91 Å². The molecular formula is C21H21NO5. The van der Waals surface area contributed by atoms with Gasteiger partial charge in [0.1, 0.15) is 0 Å². The van der Waals surface area contributed by atoms with Crippen molar-refractivity contribution < 1.29 is 23.7 Å². The van der Waals surface area contributed by atoms with E-state index in [9.17, 15) is 4.79 Å². The summed E-state index contributed by atoms with van der Waals surface area (Å²) >= 11 is 0. The SMILES string of the molecule is C=CCc1cc2c(cc1CC1NC(=O)c3c1ccc(OC)c3OC)OCO2. The van der Waals surface area contributed by atoms with E-state index in [1.807, 2.05) is 30.3 Å². The molecule has 0 saturated carbocycles. The van der Waals surface area contributed by atoms with E-state index in [2.05, 4.69) is 11.9 Å². The molecule has 2 aliphatic heterocycles. The molecule has 0 radical (unpaired) electrons. The fourth-order valence-electron chi connectivity index (χ4n) is 3.72. The zero-order chi connectivity index (χ0) is 19.0. The number of carbonyl (C=O) groups is 1. The summed E-state index contributed by atoms with van der Waals surface area (Å²) in [6.45, 7) is 4.07. The summed E-state index contributed by atoms with van der Waals surface area (Å²) in [7, 11) is 3.10. The predicted molar refractivity (Wildman–Crippen MR) is 99.9 cm³/mol. The lowest BCUT2D eigenvalue weighted by Gasteiger charge is -2.16. The fourth-order valence-corrected chi connectivity index (χ4v) is 3.72. The highest BCUT2D eigenvalue weighted by molar-refractivity contribution is 6.02. The second-order valence-corrected chi connectivity index (χ2v) is 6.46. The molecule has 0 aliphatic carbocycles. The van der Waals surface area contributed by atoms with Crippen molar-refractivity contribution in [2.24, 2.45) is 0 Å². The number of hydrogen-bond acceptors (Lipinski definition) is 5. The van der Waals surface area contributed by atoms with E-state index in [1.165, 1.54) is 0 Å². The summed E-state index contributed by atoms with van der Waals surface area (Å²) in [5.74, 6) is 2.33. The molecule has 2 aliphatic rings. The molecule has 6 heteroatoms. The molecule has 2 aromatic rings. The lowest BCUT2D eigenvalue weighted by atomic mass is 9.93. The number of ether oxygens (including phenoxy) is 4. The van der Waals surface area contributed by atoms with E-state index < -0.39 is 0 Å². The van der Waals surface area contributed by atoms with Gasteiger partial charge >= 0.3 is 0 Å². The van der Waals surface area contributed by atoms with Gasteiger partial charge in [-0.25, -0.2) is 0 Å². The van der Waals surface area contributed by atoms with E-state index >= 15 is 0 Å². The van der Waals surface area contributed by atoms with Crippen molar-refractivity contribution in [3.63, 3.8) is 0 Å². The average molecular weight is 367 g/mol. The molecule has 1 amide bonds. The number of amides is 1. The Morgan fingerprint density at radius 3 is 2.59 bits per heavy atom. The topological polar surface area (TPSA) is 66.0 Å². The molecule has 1 atom stereocenters. The lowest BCUT2D eigenvalue weighted by Crippen LogP contribution is -2.21. The first kappa shape index (κ1) is 17.3. The Hall–Kier alpha value is -3.15. The summed E-state index contributed by atoms with van der Waals surface area (Å²) in [6.07, 6.45) is 3.20. The third kappa shape index (κ3) is 2.87. The maximum absolute atomic E-state index is 12.6. The van der Waals surface area contributed by atoms with Crippen molar-refractivity contribution in [1.29, 1.82) is 0 Å². The normalized spacial score (nSPS) is 16.7. The van der Waals surface area contributed by atoms with E-state index in [-0.39, 0.29) is 18.7 Å². The predicted octanol–water partition coefficient (Wildman–Crippen LogP) is 3.19. The van der Waals surface area contributed by atoms with Crippen LogP contribution < -0.4 is 24.3 Å². The minimum atomic E-state index is -0.156. The van der Waals surface area contributed by atoms with Gasteiger partial charge in [0.15, 0.2) is 23.0 Å². The first-order valence-corrected chi connectivity index (χ1v) is 8.74. The highest BCUT2D eigenvalue weighted by Crippen LogP contribution is 2.42. The molecule has 2 heterocycles. The minimum Gasteiger partial charge on any atom is -0.493 e. The summed E-state index contributed by atoms with van der Waals surface area (Å²) in [4.78, 5) is 12.6. The first-order valence-electron chi connectivity index (χ1n) is 8.74. The van der Waals surface area contributed by atoms with Gasteiger partial charge in [-0.3, -0.25) is 4.79 Å². The zero-order valence-electron chi connectivity index (χ0n) is 15.3. The largest absolute Gasteiger partial charge is 0.493 e. The van der Waals surface area contributed by atoms with E-state index in [1.54, 1.807) is 14.2 Å². The molecule has 0 spiro atoms. The Bertz CT molecular complexity index is 921. The van der Waals surface area contributed by atoms with Gasteiger partial charge < -0.3 is 24.3 Å². The smallest absolute Gasteiger partial charge is 0.256 e. The van der Waals surface area contributed by atoms with Gasteiger partial charge in [-0.15, -0.1) is 6.58 Å². The van der Waals surface area contributed by atoms with E-state index in [4.69, 9.17) is 18.9 Å². The number of carbonyl (C=O) groups excluding carboxylic acids is 1.